The Bertz CT molecular complexity index is 606. The summed E-state index contributed by atoms with van der Waals surface area (Å²) in [7, 11) is 0. The van der Waals surface area contributed by atoms with Gasteiger partial charge >= 0.3 is 11.9 Å². The van der Waals surface area contributed by atoms with E-state index in [2.05, 4.69) is 10.3 Å². The summed E-state index contributed by atoms with van der Waals surface area (Å²) in [4.78, 5) is 38.6. The van der Waals surface area contributed by atoms with Gasteiger partial charge in [0.05, 0.1) is 12.2 Å². The molecule has 0 aliphatic rings. The molecule has 0 aliphatic carbocycles. The molecule has 0 aromatic carbocycles. The van der Waals surface area contributed by atoms with Crippen molar-refractivity contribution in [2.75, 3.05) is 13.2 Å². The molecule has 0 fully saturated rings. The van der Waals surface area contributed by atoms with Gasteiger partial charge < -0.3 is 19.8 Å². The normalized spacial score (nSPS) is 11.7. The van der Waals surface area contributed by atoms with Crippen LogP contribution in [-0.4, -0.2) is 42.1 Å². The molecule has 0 spiro atoms. The van der Waals surface area contributed by atoms with Gasteiger partial charge in [-0.05, 0) is 39.7 Å². The lowest BCUT2D eigenvalue weighted by atomic mass is 10.1. The maximum atomic E-state index is 12.1. The summed E-state index contributed by atoms with van der Waals surface area (Å²) in [6.07, 6.45) is 1.82. The zero-order valence-corrected chi connectivity index (χ0v) is 14.9. The molecule has 0 unspecified atom stereocenters. The minimum Gasteiger partial charge on any atom is -0.462 e. The molecule has 7 heteroatoms. The zero-order chi connectivity index (χ0) is 18.3. The molecule has 24 heavy (non-hydrogen) atoms. The van der Waals surface area contributed by atoms with Crippen molar-refractivity contribution in [2.24, 2.45) is 0 Å². The first-order chi connectivity index (χ1) is 11.3. The van der Waals surface area contributed by atoms with Crippen LogP contribution < -0.4 is 5.32 Å². The Balaban J connectivity index is 2.71. The molecule has 1 heterocycles. The number of ether oxygens (including phenoxy) is 2. The second kappa shape index (κ2) is 9.10. The highest BCUT2D eigenvalue weighted by molar-refractivity contribution is 5.99. The van der Waals surface area contributed by atoms with Gasteiger partial charge in [-0.1, -0.05) is 13.3 Å². The molecule has 0 radical (unpaired) electrons. The van der Waals surface area contributed by atoms with Crippen LogP contribution in [0.1, 0.15) is 65.7 Å². The van der Waals surface area contributed by atoms with Crippen LogP contribution in [-0.2, 0) is 14.3 Å². The number of amides is 1. The molecule has 1 amide bonds. The fourth-order valence-corrected chi connectivity index (χ4v) is 2.49. The summed E-state index contributed by atoms with van der Waals surface area (Å²) in [5.41, 5.74) is 1.46. The number of nitrogens with one attached hydrogen (secondary N) is 2. The maximum absolute atomic E-state index is 12.1. The monoisotopic (exact) mass is 338 g/mol. The number of carbonyl (C=O) groups excluding carboxylic acids is 3. The maximum Gasteiger partial charge on any atom is 0.355 e. The van der Waals surface area contributed by atoms with Gasteiger partial charge in [-0.2, -0.15) is 0 Å². The summed E-state index contributed by atoms with van der Waals surface area (Å²) in [6, 6.07) is 0.0334. The number of aromatic amines is 1. The number of aromatic nitrogens is 1. The standard InChI is InChI=1S/C17H26N2O5/c1-6-8-10(3)18-13(20)9-24-17(22)15-11(4)14(12(5)19-15)16(21)23-7-2/h10,19H,6-9H2,1-5H3,(H,18,20)/t10-/m0/s1. The summed E-state index contributed by atoms with van der Waals surface area (Å²) >= 11 is 0. The van der Waals surface area contributed by atoms with Gasteiger partial charge in [0.15, 0.2) is 6.61 Å². The van der Waals surface area contributed by atoms with E-state index < -0.39 is 11.9 Å². The average molecular weight is 338 g/mol. The Morgan fingerprint density at radius 3 is 2.38 bits per heavy atom. The van der Waals surface area contributed by atoms with Crippen molar-refractivity contribution < 1.29 is 23.9 Å². The van der Waals surface area contributed by atoms with Gasteiger partial charge in [0.2, 0.25) is 0 Å². The van der Waals surface area contributed by atoms with Crippen molar-refractivity contribution in [1.82, 2.24) is 10.3 Å². The lowest BCUT2D eigenvalue weighted by Crippen LogP contribution is -2.35. The predicted molar refractivity (Wildman–Crippen MR) is 89.0 cm³/mol. The van der Waals surface area contributed by atoms with Crippen molar-refractivity contribution in [3.05, 3.63) is 22.5 Å². The predicted octanol–water partition coefficient (Wildman–Crippen LogP) is 2.27. The molecule has 1 aromatic heterocycles. The van der Waals surface area contributed by atoms with Crippen molar-refractivity contribution in [3.8, 4) is 0 Å². The summed E-state index contributed by atoms with van der Waals surface area (Å²) in [5, 5.41) is 2.75. The van der Waals surface area contributed by atoms with Crippen LogP contribution in [0.5, 0.6) is 0 Å². The van der Waals surface area contributed by atoms with E-state index in [4.69, 9.17) is 9.47 Å². The van der Waals surface area contributed by atoms with Crippen LogP contribution in [0.4, 0.5) is 0 Å². The Hall–Kier alpha value is -2.31. The van der Waals surface area contributed by atoms with E-state index in [0.29, 0.717) is 16.8 Å². The van der Waals surface area contributed by atoms with Crippen LogP contribution in [0.25, 0.3) is 0 Å². The summed E-state index contributed by atoms with van der Waals surface area (Å²) < 4.78 is 10.00. The molecule has 134 valence electrons. The topological polar surface area (TPSA) is 97.5 Å². The number of carbonyl (C=O) groups is 3. The summed E-state index contributed by atoms with van der Waals surface area (Å²) in [5.74, 6) is -1.52. The molecule has 0 saturated heterocycles. The van der Waals surface area contributed by atoms with Crippen molar-refractivity contribution in [3.63, 3.8) is 0 Å². The van der Waals surface area contributed by atoms with Crippen molar-refractivity contribution in [2.45, 2.75) is 53.5 Å². The summed E-state index contributed by atoms with van der Waals surface area (Å²) in [6.45, 7) is 8.83. The first-order valence-corrected chi connectivity index (χ1v) is 8.14. The number of H-pyrrole nitrogens is 1. The van der Waals surface area contributed by atoms with Crippen LogP contribution >= 0.6 is 0 Å². The van der Waals surface area contributed by atoms with Gasteiger partial charge in [0.1, 0.15) is 5.69 Å². The third-order valence-electron chi connectivity index (χ3n) is 3.58. The Labute approximate surface area is 142 Å². The van der Waals surface area contributed by atoms with Gasteiger partial charge in [-0.3, -0.25) is 4.79 Å². The van der Waals surface area contributed by atoms with Crippen molar-refractivity contribution in [1.29, 1.82) is 0 Å². The minimum atomic E-state index is -0.676. The van der Waals surface area contributed by atoms with Gasteiger partial charge in [0, 0.05) is 11.7 Å². The van der Waals surface area contributed by atoms with E-state index >= 15 is 0 Å². The SMILES string of the molecule is CCC[C@H](C)NC(=O)COC(=O)c1[nH]c(C)c(C(=O)OCC)c1C. The Morgan fingerprint density at radius 2 is 1.79 bits per heavy atom. The number of hydrogen-bond donors (Lipinski definition) is 2. The van der Waals surface area contributed by atoms with Crippen LogP contribution in [0, 0.1) is 13.8 Å². The molecule has 0 bridgehead atoms. The van der Waals surface area contributed by atoms with Crippen LogP contribution in [0.3, 0.4) is 0 Å². The third kappa shape index (κ3) is 5.11. The second-order valence-corrected chi connectivity index (χ2v) is 5.68. The van der Waals surface area contributed by atoms with E-state index in [1.54, 1.807) is 20.8 Å². The molecule has 7 nitrogen and oxygen atoms in total. The fraction of sp³-hybridized carbons (Fsp3) is 0.588. The minimum absolute atomic E-state index is 0.0334. The molecule has 1 aromatic rings. The zero-order valence-electron chi connectivity index (χ0n) is 14.9. The highest BCUT2D eigenvalue weighted by Gasteiger charge is 2.24. The van der Waals surface area contributed by atoms with Gasteiger partial charge in [-0.15, -0.1) is 0 Å². The van der Waals surface area contributed by atoms with E-state index in [-0.39, 0.29) is 30.9 Å². The Morgan fingerprint density at radius 1 is 1.12 bits per heavy atom. The molecule has 1 atom stereocenters. The number of hydrogen-bond acceptors (Lipinski definition) is 5. The highest BCUT2D eigenvalue weighted by Crippen LogP contribution is 2.19. The first-order valence-electron chi connectivity index (χ1n) is 8.14. The quantitative estimate of drug-likeness (QED) is 0.709. The van der Waals surface area contributed by atoms with E-state index in [1.165, 1.54) is 0 Å². The molecule has 0 saturated carbocycles. The molecular weight excluding hydrogens is 312 g/mol. The smallest absolute Gasteiger partial charge is 0.355 e. The van der Waals surface area contributed by atoms with Crippen LogP contribution in [0.2, 0.25) is 0 Å². The van der Waals surface area contributed by atoms with Gasteiger partial charge in [-0.25, -0.2) is 9.59 Å². The molecule has 2 N–H and O–H groups in total. The number of esters is 2. The lowest BCUT2D eigenvalue weighted by Gasteiger charge is -2.12. The largest absolute Gasteiger partial charge is 0.462 e. The second-order valence-electron chi connectivity index (χ2n) is 5.68. The Kier molecular flexibility index (Phi) is 7.48. The number of rotatable bonds is 8. The first kappa shape index (κ1) is 19.7. The number of aryl methyl sites for hydroxylation is 1. The van der Waals surface area contributed by atoms with Gasteiger partial charge in [0.25, 0.3) is 5.91 Å². The van der Waals surface area contributed by atoms with E-state index in [9.17, 15) is 14.4 Å². The van der Waals surface area contributed by atoms with Crippen LogP contribution in [0.15, 0.2) is 0 Å². The third-order valence-corrected chi connectivity index (χ3v) is 3.58. The van der Waals surface area contributed by atoms with E-state index in [1.807, 2.05) is 13.8 Å². The fourth-order valence-electron chi connectivity index (χ4n) is 2.49. The lowest BCUT2D eigenvalue weighted by molar-refractivity contribution is -0.124. The molecular formula is C17H26N2O5. The highest BCUT2D eigenvalue weighted by atomic mass is 16.5. The molecule has 1 rings (SSSR count). The average Bonchev–Trinajstić information content (AvgIpc) is 2.80. The van der Waals surface area contributed by atoms with Crippen molar-refractivity contribution >= 4 is 17.8 Å². The molecule has 0 aliphatic heterocycles. The van der Waals surface area contributed by atoms with E-state index in [0.717, 1.165) is 12.8 Å².